The van der Waals surface area contributed by atoms with Gasteiger partial charge in [-0.3, -0.25) is 19.5 Å². The van der Waals surface area contributed by atoms with Crippen LogP contribution in [0.5, 0.6) is 0 Å². The number of methoxy groups -OCH3 is 1. The fourth-order valence-electron chi connectivity index (χ4n) is 2.53. The van der Waals surface area contributed by atoms with Gasteiger partial charge >= 0.3 is 5.97 Å². The molecule has 31 heavy (non-hydrogen) atoms. The Bertz CT molecular complexity index is 960. The summed E-state index contributed by atoms with van der Waals surface area (Å²) in [5.41, 5.74) is 1.07. The number of carbonyl (C=O) groups excluding carboxylic acids is 1. The summed E-state index contributed by atoms with van der Waals surface area (Å²) in [5, 5.41) is 12.2. The van der Waals surface area contributed by atoms with Gasteiger partial charge in [-0.15, -0.1) is 0 Å². The third kappa shape index (κ3) is 7.94. The smallest absolute Gasteiger partial charge is 0.308 e. The van der Waals surface area contributed by atoms with Gasteiger partial charge in [-0.05, 0) is 48.7 Å². The topological polar surface area (TPSA) is 91.5 Å². The standard InChI is InChI=1S/C19H21Cl2N4O3PS2/c1-12(17(26)28-2)11-29(27,24-18(30)22-15-9-5-3-7-13(15)20)25-19(31)23-16-10-6-4-8-14(16)21/h3-10,12H,11H2,1-2H3,(H4,22,23,24,25,27,30,31). The van der Waals surface area contributed by atoms with Gasteiger partial charge in [0.25, 0.3) is 7.44 Å². The Balaban J connectivity index is 2.17. The van der Waals surface area contributed by atoms with Gasteiger partial charge in [-0.25, -0.2) is 0 Å². The van der Waals surface area contributed by atoms with Crippen molar-refractivity contribution in [3.05, 3.63) is 58.6 Å². The number of thiocarbonyl (C=S) groups is 2. The lowest BCUT2D eigenvalue weighted by Crippen LogP contribution is -2.38. The molecule has 0 fully saturated rings. The Labute approximate surface area is 201 Å². The van der Waals surface area contributed by atoms with E-state index in [0.717, 1.165) is 0 Å². The van der Waals surface area contributed by atoms with Crippen LogP contribution in [0, 0.1) is 5.92 Å². The predicted molar refractivity (Wildman–Crippen MR) is 135 cm³/mol. The predicted octanol–water partition coefficient (Wildman–Crippen LogP) is 5.27. The van der Waals surface area contributed by atoms with Crippen molar-refractivity contribution in [1.82, 2.24) is 10.2 Å². The van der Waals surface area contributed by atoms with E-state index in [2.05, 4.69) is 20.8 Å². The summed E-state index contributed by atoms with van der Waals surface area (Å²) in [7, 11) is -2.29. The first-order valence-electron chi connectivity index (χ1n) is 8.98. The molecule has 166 valence electrons. The van der Waals surface area contributed by atoms with Gasteiger partial charge < -0.3 is 15.4 Å². The van der Waals surface area contributed by atoms with Gasteiger partial charge in [-0.2, -0.15) is 0 Å². The molecule has 2 aromatic carbocycles. The number of ether oxygens (including phenoxy) is 1. The van der Waals surface area contributed by atoms with Crippen LogP contribution >= 0.6 is 55.1 Å². The molecule has 0 radical (unpaired) electrons. The first-order chi connectivity index (χ1) is 14.6. The number of hydrogen-bond donors (Lipinski definition) is 4. The molecule has 0 aliphatic rings. The molecular weight excluding hydrogens is 498 g/mol. The van der Waals surface area contributed by atoms with Gasteiger partial charge in [0.2, 0.25) is 0 Å². The van der Waals surface area contributed by atoms with Crippen LogP contribution in [0.2, 0.25) is 10.0 Å². The molecular formula is C19H21Cl2N4O3PS2. The zero-order chi connectivity index (χ0) is 23.0. The quantitative estimate of drug-likeness (QED) is 0.222. The first kappa shape index (κ1) is 25.4. The summed E-state index contributed by atoms with van der Waals surface area (Å²) < 4.78 is 18.4. The van der Waals surface area contributed by atoms with Gasteiger partial charge in [0.05, 0.1) is 40.6 Å². The first-order valence-corrected chi connectivity index (χ1v) is 12.4. The summed E-state index contributed by atoms with van der Waals surface area (Å²) in [6.45, 7) is 1.59. The lowest BCUT2D eigenvalue weighted by molar-refractivity contribution is -0.144. The second kappa shape index (κ2) is 11.6. The molecule has 1 atom stereocenters. The Morgan fingerprint density at radius 2 is 1.39 bits per heavy atom. The van der Waals surface area contributed by atoms with Crippen LogP contribution in [0.1, 0.15) is 6.92 Å². The van der Waals surface area contributed by atoms with Crippen LogP contribution in [0.4, 0.5) is 11.4 Å². The molecule has 4 N–H and O–H groups in total. The van der Waals surface area contributed by atoms with E-state index in [1.165, 1.54) is 7.11 Å². The number of para-hydroxylation sites is 2. The number of rotatable bonds is 7. The maximum Gasteiger partial charge on any atom is 0.308 e. The summed E-state index contributed by atoms with van der Waals surface area (Å²) in [4.78, 5) is 11.9. The number of esters is 1. The van der Waals surface area contributed by atoms with Crippen molar-refractivity contribution in [3.63, 3.8) is 0 Å². The number of benzene rings is 2. The maximum atomic E-state index is 13.7. The van der Waals surface area contributed by atoms with Gasteiger partial charge in [0.1, 0.15) is 0 Å². The second-order valence-corrected chi connectivity index (χ2v) is 10.4. The Morgan fingerprint density at radius 3 is 1.77 bits per heavy atom. The average Bonchev–Trinajstić information content (AvgIpc) is 2.70. The van der Waals surface area contributed by atoms with E-state index < -0.39 is 19.3 Å². The molecule has 0 spiro atoms. The van der Waals surface area contributed by atoms with Crippen molar-refractivity contribution in [2.75, 3.05) is 23.9 Å². The van der Waals surface area contributed by atoms with E-state index in [4.69, 9.17) is 52.4 Å². The van der Waals surface area contributed by atoms with E-state index >= 15 is 0 Å². The molecule has 0 amide bonds. The largest absolute Gasteiger partial charge is 0.469 e. The fourth-order valence-corrected chi connectivity index (χ4v) is 5.93. The molecule has 1 unspecified atom stereocenters. The molecule has 0 saturated carbocycles. The zero-order valence-electron chi connectivity index (χ0n) is 16.6. The van der Waals surface area contributed by atoms with Crippen LogP contribution in [0.25, 0.3) is 0 Å². The van der Waals surface area contributed by atoms with Crippen molar-refractivity contribution in [3.8, 4) is 0 Å². The highest BCUT2D eigenvalue weighted by Crippen LogP contribution is 2.39. The number of hydrogen-bond acceptors (Lipinski definition) is 5. The van der Waals surface area contributed by atoms with Crippen molar-refractivity contribution >= 4 is 82.6 Å². The van der Waals surface area contributed by atoms with Crippen LogP contribution in [0.3, 0.4) is 0 Å². The summed E-state index contributed by atoms with van der Waals surface area (Å²) >= 11 is 22.9. The number of halogens is 2. The molecule has 2 rings (SSSR count). The van der Waals surface area contributed by atoms with Crippen molar-refractivity contribution in [2.24, 2.45) is 5.92 Å². The second-order valence-electron chi connectivity index (χ2n) is 6.44. The lowest BCUT2D eigenvalue weighted by atomic mass is 10.2. The summed E-state index contributed by atoms with van der Waals surface area (Å²) in [6, 6.07) is 13.9. The lowest BCUT2D eigenvalue weighted by Gasteiger charge is -2.26. The van der Waals surface area contributed by atoms with Crippen LogP contribution < -0.4 is 20.8 Å². The molecule has 0 aliphatic heterocycles. The van der Waals surface area contributed by atoms with E-state index in [-0.39, 0.29) is 16.4 Å². The fraction of sp³-hybridized carbons (Fsp3) is 0.211. The molecule has 0 bridgehead atoms. The highest BCUT2D eigenvalue weighted by atomic mass is 35.5. The molecule has 0 saturated heterocycles. The highest BCUT2D eigenvalue weighted by molar-refractivity contribution is 7.82. The Morgan fingerprint density at radius 1 is 0.968 bits per heavy atom. The number of nitrogens with one attached hydrogen (secondary N) is 4. The normalized spacial score (nSPS) is 11.7. The van der Waals surface area contributed by atoms with E-state index in [9.17, 15) is 9.36 Å². The SMILES string of the molecule is COC(=O)C(C)CP(=O)(NC(=S)Nc1ccccc1Cl)NC(=S)Nc1ccccc1Cl. The van der Waals surface area contributed by atoms with Crippen LogP contribution in [0.15, 0.2) is 48.5 Å². The molecule has 0 aliphatic carbocycles. The third-order valence-electron chi connectivity index (χ3n) is 3.94. The molecule has 12 heteroatoms. The Kier molecular flexibility index (Phi) is 9.53. The van der Waals surface area contributed by atoms with Crippen LogP contribution in [-0.4, -0.2) is 29.5 Å². The monoisotopic (exact) mass is 518 g/mol. The average molecular weight is 519 g/mol. The van der Waals surface area contributed by atoms with Crippen LogP contribution in [-0.2, 0) is 14.1 Å². The summed E-state index contributed by atoms with van der Waals surface area (Å²) in [6.07, 6.45) is -0.117. The van der Waals surface area contributed by atoms with E-state index in [1.807, 2.05) is 0 Å². The maximum absolute atomic E-state index is 13.7. The van der Waals surface area contributed by atoms with E-state index in [0.29, 0.717) is 21.4 Å². The highest BCUT2D eigenvalue weighted by Gasteiger charge is 2.31. The van der Waals surface area contributed by atoms with Crippen molar-refractivity contribution < 1.29 is 14.1 Å². The van der Waals surface area contributed by atoms with Crippen molar-refractivity contribution in [2.45, 2.75) is 6.92 Å². The van der Waals surface area contributed by atoms with Crippen molar-refractivity contribution in [1.29, 1.82) is 0 Å². The Hall–Kier alpha value is -1.90. The molecule has 2 aromatic rings. The zero-order valence-corrected chi connectivity index (χ0v) is 20.7. The van der Waals surface area contributed by atoms with Gasteiger partial charge in [0, 0.05) is 0 Å². The van der Waals surface area contributed by atoms with E-state index in [1.54, 1.807) is 55.5 Å². The number of anilines is 2. The van der Waals surface area contributed by atoms with Gasteiger partial charge in [0.15, 0.2) is 10.2 Å². The minimum absolute atomic E-state index is 0.0431. The van der Waals surface area contributed by atoms with Gasteiger partial charge in [-0.1, -0.05) is 54.4 Å². The molecule has 7 nitrogen and oxygen atoms in total. The number of carbonyl (C=O) groups is 1. The third-order valence-corrected chi connectivity index (χ3v) is 7.54. The molecule has 0 heterocycles. The minimum atomic E-state index is -3.55. The molecule has 0 aromatic heterocycles. The summed E-state index contributed by atoms with van der Waals surface area (Å²) in [5.74, 6) is -1.21. The minimum Gasteiger partial charge on any atom is -0.469 e.